The lowest BCUT2D eigenvalue weighted by Gasteiger charge is -2.13. The molecule has 0 saturated heterocycles. The van der Waals surface area contributed by atoms with Crippen molar-refractivity contribution in [3.8, 4) is 11.1 Å². The highest BCUT2D eigenvalue weighted by atomic mass is 32.2. The molecule has 10 heteroatoms. The number of hydrogen-bond acceptors (Lipinski definition) is 5. The predicted molar refractivity (Wildman–Crippen MR) is 107 cm³/mol. The van der Waals surface area contributed by atoms with Gasteiger partial charge in [0.1, 0.15) is 10.4 Å². The van der Waals surface area contributed by atoms with Crippen LogP contribution in [0.1, 0.15) is 23.6 Å². The normalized spacial score (nSPS) is 12.0. The molecule has 0 radical (unpaired) electrons. The first-order valence-corrected chi connectivity index (χ1v) is 10.5. The fourth-order valence-corrected chi connectivity index (χ4v) is 3.81. The third kappa shape index (κ3) is 3.66. The molecule has 0 unspecified atom stereocenters. The maximum Gasteiger partial charge on any atom is 0.295 e. The Morgan fingerprint density at radius 3 is 2.40 bits per heavy atom. The molecule has 0 aliphatic carbocycles. The standard InChI is InChI=1S/C20H17F2N5O2S/c1-12-17(13-5-3-2-4-6-13)18-16(10-24-12)26-20(19(21)22)27(18)11-14-7-8-15(9-25-14)30(23,28)29/h2-10,19H,11H2,1H3,(H2,23,28,29). The average molecular weight is 429 g/mol. The molecule has 1 aromatic carbocycles. The molecule has 0 fully saturated rings. The van der Waals surface area contributed by atoms with E-state index in [-0.39, 0.29) is 11.4 Å². The Labute approximate surface area is 171 Å². The van der Waals surface area contributed by atoms with Crippen molar-refractivity contribution in [3.05, 3.63) is 72.1 Å². The Balaban J connectivity index is 1.92. The molecule has 0 bridgehead atoms. The maximum absolute atomic E-state index is 13.8. The largest absolute Gasteiger partial charge is 0.316 e. The van der Waals surface area contributed by atoms with Crippen LogP contribution in [0.3, 0.4) is 0 Å². The van der Waals surface area contributed by atoms with Crippen LogP contribution >= 0.6 is 0 Å². The van der Waals surface area contributed by atoms with Crippen molar-refractivity contribution < 1.29 is 17.2 Å². The molecule has 4 rings (SSSR count). The second-order valence-electron chi connectivity index (χ2n) is 6.71. The minimum absolute atomic E-state index is 0.0235. The number of primary sulfonamides is 1. The molecule has 0 aliphatic heterocycles. The van der Waals surface area contributed by atoms with Crippen molar-refractivity contribution in [2.24, 2.45) is 5.14 Å². The summed E-state index contributed by atoms with van der Waals surface area (Å²) in [6, 6.07) is 12.1. The molecular weight excluding hydrogens is 412 g/mol. The number of pyridine rings is 2. The van der Waals surface area contributed by atoms with Gasteiger partial charge in [0.2, 0.25) is 10.0 Å². The lowest BCUT2D eigenvalue weighted by atomic mass is 10.0. The first-order chi connectivity index (χ1) is 14.3. The lowest BCUT2D eigenvalue weighted by molar-refractivity contribution is 0.136. The number of alkyl halides is 2. The molecule has 0 spiro atoms. The number of benzene rings is 1. The number of aryl methyl sites for hydroxylation is 1. The van der Waals surface area contributed by atoms with Crippen LogP contribution in [-0.4, -0.2) is 27.9 Å². The molecular formula is C20H17F2N5O2S. The molecule has 0 aliphatic rings. The number of imidazole rings is 1. The van der Waals surface area contributed by atoms with Crippen LogP contribution in [-0.2, 0) is 16.6 Å². The summed E-state index contributed by atoms with van der Waals surface area (Å²) in [7, 11) is -3.90. The topological polar surface area (TPSA) is 104 Å². The summed E-state index contributed by atoms with van der Waals surface area (Å²) in [6.45, 7) is 1.78. The number of aromatic nitrogens is 4. The number of hydrogen-bond donors (Lipinski definition) is 1. The van der Waals surface area contributed by atoms with E-state index in [4.69, 9.17) is 5.14 Å². The fourth-order valence-electron chi connectivity index (χ4n) is 3.35. The fraction of sp³-hybridized carbons (Fsp3) is 0.150. The minimum Gasteiger partial charge on any atom is -0.316 e. The molecule has 154 valence electrons. The van der Waals surface area contributed by atoms with Gasteiger partial charge in [-0.05, 0) is 24.6 Å². The minimum atomic E-state index is -3.90. The van der Waals surface area contributed by atoms with Crippen molar-refractivity contribution in [2.45, 2.75) is 24.8 Å². The van der Waals surface area contributed by atoms with Gasteiger partial charge in [-0.15, -0.1) is 0 Å². The SMILES string of the molecule is Cc1ncc2nc(C(F)F)n(Cc3ccc(S(N)(=O)=O)cn3)c2c1-c1ccccc1. The summed E-state index contributed by atoms with van der Waals surface area (Å²) >= 11 is 0. The molecule has 7 nitrogen and oxygen atoms in total. The molecule has 4 aromatic rings. The van der Waals surface area contributed by atoms with Gasteiger partial charge >= 0.3 is 0 Å². The van der Waals surface area contributed by atoms with E-state index in [2.05, 4.69) is 15.0 Å². The summed E-state index contributed by atoms with van der Waals surface area (Å²) in [5.74, 6) is -0.410. The van der Waals surface area contributed by atoms with Crippen LogP contribution in [0.2, 0.25) is 0 Å². The highest BCUT2D eigenvalue weighted by Gasteiger charge is 2.23. The summed E-state index contributed by atoms with van der Waals surface area (Å²) in [5, 5.41) is 5.09. The monoisotopic (exact) mass is 429 g/mol. The van der Waals surface area contributed by atoms with Crippen LogP contribution in [0, 0.1) is 6.92 Å². The van der Waals surface area contributed by atoms with Crippen LogP contribution in [0.15, 0.2) is 59.8 Å². The summed E-state index contributed by atoms with van der Waals surface area (Å²) in [4.78, 5) is 12.4. The Kier molecular flexibility index (Phi) is 5.04. The number of halogens is 2. The number of rotatable bonds is 5. The second-order valence-corrected chi connectivity index (χ2v) is 8.27. The van der Waals surface area contributed by atoms with Crippen molar-refractivity contribution >= 4 is 21.1 Å². The third-order valence-corrected chi connectivity index (χ3v) is 5.61. The van der Waals surface area contributed by atoms with Crippen LogP contribution in [0.25, 0.3) is 22.2 Å². The third-order valence-electron chi connectivity index (χ3n) is 4.71. The number of nitrogens with zero attached hydrogens (tertiary/aromatic N) is 4. The summed E-state index contributed by atoms with van der Waals surface area (Å²) in [6.07, 6.45) is -0.238. The Hall–Kier alpha value is -3.24. The Morgan fingerprint density at radius 1 is 1.07 bits per heavy atom. The summed E-state index contributed by atoms with van der Waals surface area (Å²) in [5.41, 5.74) is 3.45. The van der Waals surface area contributed by atoms with E-state index < -0.39 is 22.3 Å². The molecule has 3 heterocycles. The van der Waals surface area contributed by atoms with E-state index in [0.29, 0.717) is 28.0 Å². The van der Waals surface area contributed by atoms with Gasteiger partial charge in [0.15, 0.2) is 5.82 Å². The van der Waals surface area contributed by atoms with E-state index in [0.717, 1.165) is 11.8 Å². The van der Waals surface area contributed by atoms with Crippen molar-refractivity contribution in [2.75, 3.05) is 0 Å². The zero-order valence-corrected chi connectivity index (χ0v) is 16.6. The molecule has 0 saturated carbocycles. The molecule has 2 N–H and O–H groups in total. The molecule has 3 aromatic heterocycles. The number of nitrogens with two attached hydrogens (primary N) is 1. The molecule has 0 atom stereocenters. The van der Waals surface area contributed by atoms with Gasteiger partial charge in [0.05, 0.1) is 24.0 Å². The lowest BCUT2D eigenvalue weighted by Crippen LogP contribution is -2.13. The predicted octanol–water partition coefficient (Wildman–Crippen LogP) is 3.44. The van der Waals surface area contributed by atoms with Crippen molar-refractivity contribution in [3.63, 3.8) is 0 Å². The summed E-state index contributed by atoms with van der Waals surface area (Å²) < 4.78 is 51.9. The van der Waals surface area contributed by atoms with Gasteiger partial charge in [-0.1, -0.05) is 30.3 Å². The van der Waals surface area contributed by atoms with Crippen LogP contribution in [0.5, 0.6) is 0 Å². The van der Waals surface area contributed by atoms with Gasteiger partial charge in [0, 0.05) is 17.5 Å². The van der Waals surface area contributed by atoms with Crippen LogP contribution in [0.4, 0.5) is 8.78 Å². The first-order valence-electron chi connectivity index (χ1n) is 8.92. The number of sulfonamides is 1. The smallest absolute Gasteiger partial charge is 0.295 e. The first kappa shape index (κ1) is 20.0. The van der Waals surface area contributed by atoms with Gasteiger partial charge in [0.25, 0.3) is 6.43 Å². The van der Waals surface area contributed by atoms with Crippen molar-refractivity contribution in [1.29, 1.82) is 0 Å². The van der Waals surface area contributed by atoms with Crippen LogP contribution < -0.4 is 5.14 Å². The van der Waals surface area contributed by atoms with E-state index >= 15 is 0 Å². The number of fused-ring (bicyclic) bond motifs is 1. The van der Waals surface area contributed by atoms with E-state index in [1.165, 1.54) is 22.9 Å². The quantitative estimate of drug-likeness (QED) is 0.523. The molecule has 30 heavy (non-hydrogen) atoms. The van der Waals surface area contributed by atoms with Gasteiger partial charge in [-0.2, -0.15) is 0 Å². The second kappa shape index (κ2) is 7.54. The van der Waals surface area contributed by atoms with E-state index in [1.54, 1.807) is 6.92 Å². The zero-order chi connectivity index (χ0) is 21.5. The maximum atomic E-state index is 13.8. The Morgan fingerprint density at radius 2 is 1.80 bits per heavy atom. The van der Waals surface area contributed by atoms with E-state index in [1.807, 2.05) is 30.3 Å². The molecule has 0 amide bonds. The van der Waals surface area contributed by atoms with E-state index in [9.17, 15) is 17.2 Å². The Bertz CT molecular complexity index is 1320. The van der Waals surface area contributed by atoms with Gasteiger partial charge in [-0.25, -0.2) is 27.3 Å². The highest BCUT2D eigenvalue weighted by Crippen LogP contribution is 2.34. The average Bonchev–Trinajstić information content (AvgIpc) is 3.07. The zero-order valence-electron chi connectivity index (χ0n) is 15.8. The van der Waals surface area contributed by atoms with Gasteiger partial charge < -0.3 is 4.57 Å². The van der Waals surface area contributed by atoms with Crippen molar-refractivity contribution in [1.82, 2.24) is 19.5 Å². The van der Waals surface area contributed by atoms with Gasteiger partial charge in [-0.3, -0.25) is 9.97 Å². The highest BCUT2D eigenvalue weighted by molar-refractivity contribution is 7.89.